The first-order valence-corrected chi connectivity index (χ1v) is 11.5. The zero-order valence-corrected chi connectivity index (χ0v) is 19.0. The smallest absolute Gasteiger partial charge is 0.228 e. The molecule has 4 heterocycles. The molecule has 1 aromatic carbocycles. The van der Waals surface area contributed by atoms with Crippen LogP contribution in [-0.4, -0.2) is 57.3 Å². The number of amides is 1. The molecule has 5 rings (SSSR count). The van der Waals surface area contributed by atoms with E-state index in [4.69, 9.17) is 14.7 Å². The summed E-state index contributed by atoms with van der Waals surface area (Å²) in [5.74, 6) is 2.21. The number of fused-ring (bicyclic) bond motifs is 1. The summed E-state index contributed by atoms with van der Waals surface area (Å²) in [4.78, 5) is 26.0. The number of benzene rings is 1. The van der Waals surface area contributed by atoms with Crippen molar-refractivity contribution in [3.05, 3.63) is 47.7 Å². The number of carbonyl (C=O) groups is 1. The van der Waals surface area contributed by atoms with Crippen molar-refractivity contribution in [2.24, 2.45) is 0 Å². The number of ether oxygens (including phenoxy) is 1. The van der Waals surface area contributed by atoms with Gasteiger partial charge in [0.2, 0.25) is 11.9 Å². The molecule has 0 radical (unpaired) electrons. The lowest BCUT2D eigenvalue weighted by Crippen LogP contribution is -2.34. The summed E-state index contributed by atoms with van der Waals surface area (Å²) in [5.41, 5.74) is 3.85. The topological polar surface area (TPSA) is 99.3 Å². The fourth-order valence-electron chi connectivity index (χ4n) is 4.61. The van der Waals surface area contributed by atoms with Gasteiger partial charge in [0.05, 0.1) is 37.1 Å². The Hall–Kier alpha value is -3.46. The highest BCUT2D eigenvalue weighted by Crippen LogP contribution is 2.32. The van der Waals surface area contributed by atoms with Crippen LogP contribution in [0.3, 0.4) is 0 Å². The molecule has 1 unspecified atom stereocenters. The molecule has 1 fully saturated rings. The molecule has 33 heavy (non-hydrogen) atoms. The molecule has 0 bridgehead atoms. The van der Waals surface area contributed by atoms with E-state index in [1.54, 1.807) is 7.11 Å². The highest BCUT2D eigenvalue weighted by Gasteiger charge is 2.29. The van der Waals surface area contributed by atoms with Crippen molar-refractivity contribution in [2.75, 3.05) is 30.5 Å². The zero-order chi connectivity index (χ0) is 22.8. The summed E-state index contributed by atoms with van der Waals surface area (Å²) < 4.78 is 5.44. The number of aromatic nitrogens is 4. The van der Waals surface area contributed by atoms with Crippen LogP contribution in [0, 0.1) is 0 Å². The number of hydrogen-bond acceptors (Lipinski definition) is 7. The second-order valence-corrected chi connectivity index (χ2v) is 8.51. The van der Waals surface area contributed by atoms with E-state index in [1.807, 2.05) is 48.2 Å². The lowest BCUT2D eigenvalue weighted by atomic mass is 10.1. The van der Waals surface area contributed by atoms with Crippen molar-refractivity contribution < 1.29 is 9.53 Å². The minimum absolute atomic E-state index is 0.138. The van der Waals surface area contributed by atoms with Crippen molar-refractivity contribution in [1.82, 2.24) is 25.1 Å². The van der Waals surface area contributed by atoms with Crippen molar-refractivity contribution in [3.8, 4) is 11.3 Å². The zero-order valence-electron chi connectivity index (χ0n) is 19.0. The third-order valence-electron chi connectivity index (χ3n) is 6.33. The number of aromatic amines is 1. The highest BCUT2D eigenvalue weighted by molar-refractivity contribution is 5.77. The van der Waals surface area contributed by atoms with Gasteiger partial charge < -0.3 is 19.9 Å². The van der Waals surface area contributed by atoms with Gasteiger partial charge in [-0.05, 0) is 12.8 Å². The van der Waals surface area contributed by atoms with Crippen LogP contribution in [0.5, 0.6) is 0 Å². The van der Waals surface area contributed by atoms with Gasteiger partial charge in [-0.2, -0.15) is 10.1 Å². The summed E-state index contributed by atoms with van der Waals surface area (Å²) in [7, 11) is 1.73. The Balaban J connectivity index is 1.48. The summed E-state index contributed by atoms with van der Waals surface area (Å²) in [6.07, 6.45) is 2.64. The van der Waals surface area contributed by atoms with Crippen LogP contribution in [0.25, 0.3) is 11.3 Å². The first kappa shape index (κ1) is 21.4. The van der Waals surface area contributed by atoms with E-state index in [9.17, 15) is 4.79 Å². The highest BCUT2D eigenvalue weighted by atomic mass is 16.5. The van der Waals surface area contributed by atoms with Gasteiger partial charge in [-0.15, -0.1) is 0 Å². The van der Waals surface area contributed by atoms with Crippen LogP contribution < -0.4 is 10.2 Å². The Labute approximate surface area is 193 Å². The van der Waals surface area contributed by atoms with Crippen LogP contribution >= 0.6 is 0 Å². The van der Waals surface area contributed by atoms with E-state index in [1.165, 1.54) is 0 Å². The Kier molecular flexibility index (Phi) is 5.95. The van der Waals surface area contributed by atoms with E-state index in [0.717, 1.165) is 41.9 Å². The second-order valence-electron chi connectivity index (χ2n) is 8.51. The molecule has 3 aromatic rings. The van der Waals surface area contributed by atoms with Crippen molar-refractivity contribution in [2.45, 2.75) is 45.3 Å². The molecule has 2 aliphatic rings. The van der Waals surface area contributed by atoms with E-state index >= 15 is 0 Å². The van der Waals surface area contributed by atoms with Crippen LogP contribution in [-0.2, 0) is 22.6 Å². The number of carbonyl (C=O) groups excluding carboxylic acids is 1. The molecular formula is C24H29N7O2. The van der Waals surface area contributed by atoms with Gasteiger partial charge in [0, 0.05) is 37.3 Å². The van der Waals surface area contributed by atoms with Crippen LogP contribution in [0.1, 0.15) is 37.4 Å². The SMILES string of the molecule is CCC(=O)N1Cc2[nH]nc(Nc3cc(-c4ccccc4)nc(N4CCCC4COC)n3)c2C1. The number of methoxy groups -OCH3 is 1. The predicted octanol–water partition coefficient (Wildman–Crippen LogP) is 3.48. The maximum atomic E-state index is 12.2. The number of anilines is 3. The molecular weight excluding hydrogens is 418 g/mol. The summed E-state index contributed by atoms with van der Waals surface area (Å²) in [6.45, 7) is 4.54. The van der Waals surface area contributed by atoms with Crippen LogP contribution in [0.4, 0.5) is 17.6 Å². The predicted molar refractivity (Wildman–Crippen MR) is 126 cm³/mol. The monoisotopic (exact) mass is 447 g/mol. The first-order chi connectivity index (χ1) is 16.2. The Morgan fingerprint density at radius 1 is 1.24 bits per heavy atom. The molecule has 1 atom stereocenters. The van der Waals surface area contributed by atoms with Crippen molar-refractivity contribution in [3.63, 3.8) is 0 Å². The average molecular weight is 448 g/mol. The molecule has 172 valence electrons. The Morgan fingerprint density at radius 2 is 2.09 bits per heavy atom. The van der Waals surface area contributed by atoms with Crippen LogP contribution in [0.15, 0.2) is 36.4 Å². The van der Waals surface area contributed by atoms with Crippen molar-refractivity contribution >= 4 is 23.5 Å². The van der Waals surface area contributed by atoms with Gasteiger partial charge in [0.25, 0.3) is 0 Å². The minimum atomic E-state index is 0.138. The lowest BCUT2D eigenvalue weighted by Gasteiger charge is -2.25. The van der Waals surface area contributed by atoms with Gasteiger partial charge in [0.15, 0.2) is 5.82 Å². The van der Waals surface area contributed by atoms with Crippen molar-refractivity contribution in [1.29, 1.82) is 0 Å². The fourth-order valence-corrected chi connectivity index (χ4v) is 4.61. The maximum Gasteiger partial charge on any atom is 0.228 e. The number of hydrogen-bond donors (Lipinski definition) is 2. The number of nitrogens with one attached hydrogen (secondary N) is 2. The fraction of sp³-hybridized carbons (Fsp3) is 0.417. The summed E-state index contributed by atoms with van der Waals surface area (Å²) >= 11 is 0. The van der Waals surface area contributed by atoms with Gasteiger partial charge in [0.1, 0.15) is 5.82 Å². The van der Waals surface area contributed by atoms with E-state index in [-0.39, 0.29) is 11.9 Å². The summed E-state index contributed by atoms with van der Waals surface area (Å²) in [6, 6.07) is 12.3. The largest absolute Gasteiger partial charge is 0.383 e. The second kappa shape index (κ2) is 9.19. The third kappa shape index (κ3) is 4.28. The van der Waals surface area contributed by atoms with Crippen LogP contribution in [0.2, 0.25) is 0 Å². The molecule has 1 saturated heterocycles. The molecule has 1 amide bonds. The number of nitrogens with zero attached hydrogens (tertiary/aromatic N) is 5. The number of rotatable bonds is 7. The Bertz CT molecular complexity index is 1130. The standard InChI is InChI=1S/C24H29N7O2/c1-3-22(32)30-13-18-20(14-30)28-29-23(18)26-21-12-19(16-8-5-4-6-9-16)25-24(27-21)31-11-7-10-17(31)15-33-2/h4-6,8-9,12,17H,3,7,10-11,13-15H2,1-2H3,(H2,25,26,27,28,29). The quantitative estimate of drug-likeness (QED) is 0.572. The van der Waals surface area contributed by atoms with Gasteiger partial charge in [-0.3, -0.25) is 9.89 Å². The molecule has 0 saturated carbocycles. The van der Waals surface area contributed by atoms with E-state index in [0.29, 0.717) is 43.7 Å². The van der Waals surface area contributed by atoms with E-state index in [2.05, 4.69) is 20.4 Å². The normalized spacial score (nSPS) is 17.5. The van der Waals surface area contributed by atoms with Gasteiger partial charge in [-0.1, -0.05) is 37.3 Å². The minimum Gasteiger partial charge on any atom is -0.383 e. The molecule has 0 aliphatic carbocycles. The lowest BCUT2D eigenvalue weighted by molar-refractivity contribution is -0.131. The van der Waals surface area contributed by atoms with E-state index < -0.39 is 0 Å². The molecule has 9 nitrogen and oxygen atoms in total. The maximum absolute atomic E-state index is 12.2. The molecule has 0 spiro atoms. The number of H-pyrrole nitrogens is 1. The van der Waals surface area contributed by atoms with Gasteiger partial charge >= 0.3 is 0 Å². The average Bonchev–Trinajstić information content (AvgIpc) is 3.57. The molecule has 2 N–H and O–H groups in total. The third-order valence-corrected chi connectivity index (χ3v) is 6.33. The molecule has 9 heteroatoms. The Morgan fingerprint density at radius 3 is 2.88 bits per heavy atom. The van der Waals surface area contributed by atoms with Gasteiger partial charge in [-0.25, -0.2) is 4.98 Å². The molecule has 2 aliphatic heterocycles. The summed E-state index contributed by atoms with van der Waals surface area (Å²) in [5, 5.41) is 10.9. The molecule has 2 aromatic heterocycles. The first-order valence-electron chi connectivity index (χ1n) is 11.5.